The highest BCUT2D eigenvalue weighted by molar-refractivity contribution is 7.91. The molecule has 1 fully saturated rings. The highest BCUT2D eigenvalue weighted by Gasteiger charge is 2.34. The van der Waals surface area contributed by atoms with Gasteiger partial charge in [0.1, 0.15) is 5.01 Å². The lowest BCUT2D eigenvalue weighted by Gasteiger charge is -2.12. The van der Waals surface area contributed by atoms with Crippen LogP contribution in [-0.2, 0) is 26.0 Å². The topological polar surface area (TPSA) is 175 Å². The van der Waals surface area contributed by atoms with E-state index in [9.17, 15) is 27.9 Å². The number of sulfone groups is 1. The zero-order valence-electron chi connectivity index (χ0n) is 21.3. The Balaban J connectivity index is 1.56. The van der Waals surface area contributed by atoms with E-state index in [1.165, 1.54) is 0 Å². The fourth-order valence-electron chi connectivity index (χ4n) is 3.99. The van der Waals surface area contributed by atoms with Crippen LogP contribution in [-0.4, -0.2) is 73.3 Å². The van der Waals surface area contributed by atoms with Gasteiger partial charge in [-0.15, -0.1) is 11.3 Å². The molecule has 1 saturated carbocycles. The number of nitrogens with zero attached hydrogens (tertiary/aromatic N) is 1. The predicted octanol–water partition coefficient (Wildman–Crippen LogP) is 1.05. The minimum Gasteiger partial charge on any atom is -0.396 e. The number of nitrogens with one attached hydrogen (secondary N) is 3. The molecule has 1 aliphatic carbocycles. The summed E-state index contributed by atoms with van der Waals surface area (Å²) in [4.78, 5) is 41.6. The van der Waals surface area contributed by atoms with E-state index in [0.717, 1.165) is 41.6 Å². The SMILES string of the molecule is CS(=O)(=O)C(C(=O)NCC(=O)NC1CC1)c1nc2ccc(-c3ccc(C(=O)NCCCO)c(CO)c3)cc2s1. The molecule has 1 atom stereocenters. The third-order valence-electron chi connectivity index (χ3n) is 6.14. The number of carbonyl (C=O) groups is 3. The largest absolute Gasteiger partial charge is 0.396 e. The maximum absolute atomic E-state index is 12.8. The summed E-state index contributed by atoms with van der Waals surface area (Å²) in [5, 5.41) is 25.1. The zero-order chi connectivity index (χ0) is 28.2. The highest BCUT2D eigenvalue weighted by atomic mass is 32.2. The first-order valence-electron chi connectivity index (χ1n) is 12.4. The van der Waals surface area contributed by atoms with Crippen molar-refractivity contribution >= 4 is 49.1 Å². The third kappa shape index (κ3) is 7.18. The fraction of sp³-hybridized carbons (Fsp3) is 0.385. The number of aliphatic hydroxyl groups is 2. The second-order valence-electron chi connectivity index (χ2n) is 9.37. The van der Waals surface area contributed by atoms with E-state index in [4.69, 9.17) is 5.11 Å². The van der Waals surface area contributed by atoms with Gasteiger partial charge in [0.2, 0.25) is 11.8 Å². The first kappa shape index (κ1) is 28.6. The Morgan fingerprint density at radius 3 is 2.46 bits per heavy atom. The fourth-order valence-corrected chi connectivity index (χ4v) is 6.54. The molecule has 0 radical (unpaired) electrons. The van der Waals surface area contributed by atoms with E-state index >= 15 is 0 Å². The van der Waals surface area contributed by atoms with Gasteiger partial charge in [-0.3, -0.25) is 14.4 Å². The highest BCUT2D eigenvalue weighted by Crippen LogP contribution is 2.34. The summed E-state index contributed by atoms with van der Waals surface area (Å²) in [6.45, 7) is -0.403. The van der Waals surface area contributed by atoms with Gasteiger partial charge in [0.05, 0.1) is 23.4 Å². The van der Waals surface area contributed by atoms with Crippen molar-refractivity contribution in [2.75, 3.05) is 26.0 Å². The summed E-state index contributed by atoms with van der Waals surface area (Å²) in [7, 11) is -3.89. The van der Waals surface area contributed by atoms with Gasteiger partial charge >= 0.3 is 0 Å². The number of hydrogen-bond donors (Lipinski definition) is 5. The Labute approximate surface area is 229 Å². The Hall–Kier alpha value is -3.39. The van der Waals surface area contributed by atoms with Crippen molar-refractivity contribution in [1.82, 2.24) is 20.9 Å². The summed E-state index contributed by atoms with van der Waals surface area (Å²) in [6.07, 6.45) is 3.17. The number of fused-ring (bicyclic) bond motifs is 1. The molecular weight excluding hydrogens is 544 g/mol. The van der Waals surface area contributed by atoms with Gasteiger partial charge in [0.25, 0.3) is 5.91 Å². The summed E-state index contributed by atoms with van der Waals surface area (Å²) in [6, 6.07) is 10.5. The normalized spacial score (nSPS) is 14.1. The molecule has 0 aliphatic heterocycles. The molecule has 3 amide bonds. The van der Waals surface area contributed by atoms with Crippen molar-refractivity contribution in [3.05, 3.63) is 52.5 Å². The first-order valence-corrected chi connectivity index (χ1v) is 15.2. The van der Waals surface area contributed by atoms with Crippen molar-refractivity contribution < 1.29 is 33.0 Å². The molecule has 1 unspecified atom stereocenters. The number of hydrogen-bond acceptors (Lipinski definition) is 9. The van der Waals surface area contributed by atoms with Crippen LogP contribution >= 0.6 is 11.3 Å². The molecule has 1 aromatic heterocycles. The molecular formula is C26H30N4O7S2. The third-order valence-corrected chi connectivity index (χ3v) is 8.66. The lowest BCUT2D eigenvalue weighted by Crippen LogP contribution is -2.41. The molecule has 0 spiro atoms. The molecule has 5 N–H and O–H groups in total. The minimum absolute atomic E-state index is 0.0407. The van der Waals surface area contributed by atoms with E-state index in [-0.39, 0.29) is 42.6 Å². The number of aliphatic hydroxyl groups excluding tert-OH is 2. The van der Waals surface area contributed by atoms with Crippen LogP contribution in [0, 0.1) is 0 Å². The molecule has 0 saturated heterocycles. The van der Waals surface area contributed by atoms with Crippen LogP contribution in [0.25, 0.3) is 21.3 Å². The molecule has 2 aromatic carbocycles. The van der Waals surface area contributed by atoms with Crippen LogP contribution in [0.5, 0.6) is 0 Å². The average molecular weight is 575 g/mol. The molecule has 208 valence electrons. The van der Waals surface area contributed by atoms with Crippen molar-refractivity contribution in [1.29, 1.82) is 0 Å². The van der Waals surface area contributed by atoms with Gasteiger partial charge in [-0.1, -0.05) is 12.1 Å². The Morgan fingerprint density at radius 1 is 1.08 bits per heavy atom. The molecule has 3 aromatic rings. The number of thiazole rings is 1. The van der Waals surface area contributed by atoms with E-state index in [2.05, 4.69) is 20.9 Å². The van der Waals surface area contributed by atoms with Gasteiger partial charge in [-0.25, -0.2) is 13.4 Å². The maximum atomic E-state index is 12.8. The lowest BCUT2D eigenvalue weighted by molar-refractivity contribution is -0.126. The van der Waals surface area contributed by atoms with Crippen molar-refractivity contribution in [3.8, 4) is 11.1 Å². The summed E-state index contributed by atoms with van der Waals surface area (Å²) >= 11 is 1.07. The number of benzene rings is 2. The van der Waals surface area contributed by atoms with E-state index in [1.807, 2.05) is 0 Å². The summed E-state index contributed by atoms with van der Waals surface area (Å²) < 4.78 is 25.7. The lowest BCUT2D eigenvalue weighted by atomic mass is 9.99. The molecule has 39 heavy (non-hydrogen) atoms. The smallest absolute Gasteiger partial charge is 0.251 e. The Bertz CT molecular complexity index is 1500. The van der Waals surface area contributed by atoms with Gasteiger partial charge in [0.15, 0.2) is 15.1 Å². The molecule has 11 nitrogen and oxygen atoms in total. The number of aromatic nitrogens is 1. The monoisotopic (exact) mass is 574 g/mol. The maximum Gasteiger partial charge on any atom is 0.251 e. The standard InChI is InChI=1S/C26H30N4O7S2/c1-39(36,37)23(25(35)28-13-22(33)29-18-5-6-18)26-30-20-8-4-16(12-21(20)38-26)15-3-7-19(17(11-15)14-32)24(34)27-9-2-10-31/h3-4,7-8,11-12,18,23,31-32H,2,5-6,9-10,13-14H2,1H3,(H,27,34)(H,28,35)(H,29,33). The second kappa shape index (κ2) is 12.2. The molecule has 1 heterocycles. The van der Waals surface area contributed by atoms with Crippen LogP contribution in [0.4, 0.5) is 0 Å². The van der Waals surface area contributed by atoms with E-state index in [1.54, 1.807) is 36.4 Å². The zero-order valence-corrected chi connectivity index (χ0v) is 22.9. The van der Waals surface area contributed by atoms with Gasteiger partial charge in [-0.05, 0) is 60.2 Å². The first-order chi connectivity index (χ1) is 18.6. The van der Waals surface area contributed by atoms with Crippen molar-refractivity contribution in [2.24, 2.45) is 0 Å². The Kier molecular flexibility index (Phi) is 8.95. The number of carbonyl (C=O) groups excluding carboxylic acids is 3. The predicted molar refractivity (Wildman–Crippen MR) is 147 cm³/mol. The van der Waals surface area contributed by atoms with Crippen LogP contribution < -0.4 is 16.0 Å². The molecule has 4 rings (SSSR count). The average Bonchev–Trinajstić information content (AvgIpc) is 3.61. The number of amides is 3. The van der Waals surface area contributed by atoms with Crippen molar-refractivity contribution in [3.63, 3.8) is 0 Å². The van der Waals surface area contributed by atoms with Crippen LogP contribution in [0.15, 0.2) is 36.4 Å². The summed E-state index contributed by atoms with van der Waals surface area (Å²) in [5.74, 6) is -1.54. The molecule has 13 heteroatoms. The van der Waals surface area contributed by atoms with Crippen LogP contribution in [0.2, 0.25) is 0 Å². The Morgan fingerprint density at radius 2 is 1.79 bits per heavy atom. The van der Waals surface area contributed by atoms with Crippen molar-refractivity contribution in [2.45, 2.75) is 37.2 Å². The van der Waals surface area contributed by atoms with Crippen LogP contribution in [0.1, 0.15) is 45.4 Å². The van der Waals surface area contributed by atoms with Gasteiger partial charge in [-0.2, -0.15) is 0 Å². The number of rotatable bonds is 12. The summed E-state index contributed by atoms with van der Waals surface area (Å²) in [5.41, 5.74) is 2.74. The van der Waals surface area contributed by atoms with Crippen LogP contribution in [0.3, 0.4) is 0 Å². The quantitative estimate of drug-likeness (QED) is 0.200. The van der Waals surface area contributed by atoms with E-state index in [0.29, 0.717) is 34.3 Å². The van der Waals surface area contributed by atoms with Gasteiger partial charge < -0.3 is 26.2 Å². The molecule has 1 aliphatic rings. The van der Waals surface area contributed by atoms with E-state index < -0.39 is 21.0 Å². The van der Waals surface area contributed by atoms with Gasteiger partial charge in [0, 0.05) is 31.0 Å². The second-order valence-corrected chi connectivity index (χ2v) is 12.6. The molecule has 0 bridgehead atoms. The minimum atomic E-state index is -3.89.